The molecule has 0 saturated carbocycles. The number of amides is 1. The Kier molecular flexibility index (Phi) is 3.22. The van der Waals surface area contributed by atoms with E-state index >= 15 is 0 Å². The first kappa shape index (κ1) is 12.0. The summed E-state index contributed by atoms with van der Waals surface area (Å²) in [7, 11) is 0. The predicted molar refractivity (Wildman–Crippen MR) is 61.0 cm³/mol. The molecule has 0 aliphatic rings. The standard InChI is InChI=1S/C11H11FN4O2/c1-6-15-10(18-16-6)5-14-11(17)7-2-3-9(13)8(12)4-7/h2-4H,5,13H2,1H3,(H,14,17). The molecule has 7 heteroatoms. The molecule has 0 atom stereocenters. The zero-order valence-corrected chi connectivity index (χ0v) is 9.61. The van der Waals surface area contributed by atoms with Gasteiger partial charge in [-0.25, -0.2) is 4.39 Å². The van der Waals surface area contributed by atoms with E-state index < -0.39 is 11.7 Å². The van der Waals surface area contributed by atoms with E-state index in [2.05, 4.69) is 15.5 Å². The van der Waals surface area contributed by atoms with Crippen LogP contribution >= 0.6 is 0 Å². The Bertz CT molecular complexity index is 582. The van der Waals surface area contributed by atoms with Crippen LogP contribution in [0.1, 0.15) is 22.1 Å². The molecule has 1 aromatic carbocycles. The summed E-state index contributed by atoms with van der Waals surface area (Å²) in [4.78, 5) is 15.6. The monoisotopic (exact) mass is 250 g/mol. The van der Waals surface area contributed by atoms with Gasteiger partial charge >= 0.3 is 0 Å². The number of nitrogens with two attached hydrogens (primary N) is 1. The fourth-order valence-electron chi connectivity index (χ4n) is 1.34. The summed E-state index contributed by atoms with van der Waals surface area (Å²) in [6.07, 6.45) is 0. The predicted octanol–water partition coefficient (Wildman–Crippen LogP) is 1.03. The summed E-state index contributed by atoms with van der Waals surface area (Å²) >= 11 is 0. The van der Waals surface area contributed by atoms with Gasteiger partial charge in [-0.05, 0) is 25.1 Å². The lowest BCUT2D eigenvalue weighted by Gasteiger charge is -2.03. The third-order valence-electron chi connectivity index (χ3n) is 2.23. The summed E-state index contributed by atoms with van der Waals surface area (Å²) in [5, 5.41) is 6.11. The van der Waals surface area contributed by atoms with Crippen LogP contribution in [0.2, 0.25) is 0 Å². The minimum absolute atomic E-state index is 0.000856. The van der Waals surface area contributed by atoms with E-state index in [0.717, 1.165) is 6.07 Å². The number of benzene rings is 1. The number of hydrogen-bond acceptors (Lipinski definition) is 5. The Labute approximate surface area is 102 Å². The number of anilines is 1. The largest absolute Gasteiger partial charge is 0.396 e. The fraction of sp³-hybridized carbons (Fsp3) is 0.182. The molecule has 0 fully saturated rings. The van der Waals surface area contributed by atoms with E-state index in [-0.39, 0.29) is 23.7 Å². The third-order valence-corrected chi connectivity index (χ3v) is 2.23. The Morgan fingerprint density at radius 3 is 2.94 bits per heavy atom. The molecule has 3 N–H and O–H groups in total. The second-order valence-electron chi connectivity index (χ2n) is 3.65. The maximum atomic E-state index is 13.2. The van der Waals surface area contributed by atoms with Gasteiger partial charge in [0.2, 0.25) is 5.89 Å². The Morgan fingerprint density at radius 2 is 2.33 bits per heavy atom. The van der Waals surface area contributed by atoms with Gasteiger partial charge < -0.3 is 15.6 Å². The topological polar surface area (TPSA) is 94.0 Å². The molecule has 0 spiro atoms. The molecule has 18 heavy (non-hydrogen) atoms. The molecule has 1 aromatic heterocycles. The summed E-state index contributed by atoms with van der Waals surface area (Å²) in [6, 6.07) is 3.84. The number of carbonyl (C=O) groups excluding carboxylic acids is 1. The van der Waals surface area contributed by atoms with Gasteiger partial charge in [0.1, 0.15) is 5.82 Å². The highest BCUT2D eigenvalue weighted by Crippen LogP contribution is 2.11. The van der Waals surface area contributed by atoms with Crippen LogP contribution in [0.4, 0.5) is 10.1 Å². The molecule has 1 amide bonds. The smallest absolute Gasteiger partial charge is 0.251 e. The van der Waals surface area contributed by atoms with Gasteiger partial charge in [0.25, 0.3) is 5.91 Å². The minimum atomic E-state index is -0.628. The van der Waals surface area contributed by atoms with Crippen molar-refractivity contribution in [3.63, 3.8) is 0 Å². The molecule has 2 aromatic rings. The van der Waals surface area contributed by atoms with E-state index in [4.69, 9.17) is 10.3 Å². The van der Waals surface area contributed by atoms with Crippen molar-refractivity contribution < 1.29 is 13.7 Å². The zero-order valence-electron chi connectivity index (χ0n) is 9.61. The number of halogens is 1. The average Bonchev–Trinajstić information content (AvgIpc) is 2.75. The number of hydrogen-bond donors (Lipinski definition) is 2. The molecular formula is C11H11FN4O2. The van der Waals surface area contributed by atoms with Gasteiger partial charge in [-0.1, -0.05) is 5.16 Å². The normalized spacial score (nSPS) is 10.3. The second-order valence-corrected chi connectivity index (χ2v) is 3.65. The zero-order chi connectivity index (χ0) is 13.1. The first-order valence-electron chi connectivity index (χ1n) is 5.18. The van der Waals surface area contributed by atoms with Gasteiger partial charge in [-0.2, -0.15) is 4.98 Å². The number of rotatable bonds is 3. The molecule has 0 bridgehead atoms. The summed E-state index contributed by atoms with van der Waals surface area (Å²) in [5.41, 5.74) is 5.49. The molecular weight excluding hydrogens is 239 g/mol. The van der Waals surface area contributed by atoms with E-state index in [0.29, 0.717) is 5.82 Å². The Hall–Kier alpha value is -2.44. The molecule has 6 nitrogen and oxygen atoms in total. The Morgan fingerprint density at radius 1 is 1.56 bits per heavy atom. The molecule has 0 aliphatic carbocycles. The van der Waals surface area contributed by atoms with E-state index in [1.807, 2.05) is 0 Å². The van der Waals surface area contributed by atoms with Crippen molar-refractivity contribution in [3.05, 3.63) is 41.3 Å². The van der Waals surface area contributed by atoms with E-state index in [1.54, 1.807) is 6.92 Å². The maximum absolute atomic E-state index is 13.2. The van der Waals surface area contributed by atoms with Crippen LogP contribution in [-0.2, 0) is 6.54 Å². The van der Waals surface area contributed by atoms with Crippen LogP contribution in [-0.4, -0.2) is 16.0 Å². The highest BCUT2D eigenvalue weighted by Gasteiger charge is 2.10. The molecule has 2 rings (SSSR count). The quantitative estimate of drug-likeness (QED) is 0.793. The van der Waals surface area contributed by atoms with Crippen molar-refractivity contribution in [3.8, 4) is 0 Å². The molecule has 0 radical (unpaired) electrons. The van der Waals surface area contributed by atoms with Gasteiger partial charge in [-0.3, -0.25) is 4.79 Å². The van der Waals surface area contributed by atoms with Crippen molar-refractivity contribution in [1.82, 2.24) is 15.5 Å². The van der Waals surface area contributed by atoms with Gasteiger partial charge in [0.15, 0.2) is 5.82 Å². The number of nitrogen functional groups attached to an aromatic ring is 1. The van der Waals surface area contributed by atoms with E-state index in [9.17, 15) is 9.18 Å². The highest BCUT2D eigenvalue weighted by molar-refractivity contribution is 5.94. The average molecular weight is 250 g/mol. The first-order chi connectivity index (χ1) is 8.56. The highest BCUT2D eigenvalue weighted by atomic mass is 19.1. The molecule has 0 saturated heterocycles. The van der Waals surface area contributed by atoms with Crippen molar-refractivity contribution in [2.24, 2.45) is 0 Å². The van der Waals surface area contributed by atoms with Crippen molar-refractivity contribution in [1.29, 1.82) is 0 Å². The second kappa shape index (κ2) is 4.82. The number of carbonyl (C=O) groups is 1. The van der Waals surface area contributed by atoms with Crippen molar-refractivity contribution in [2.45, 2.75) is 13.5 Å². The minimum Gasteiger partial charge on any atom is -0.396 e. The molecule has 1 heterocycles. The van der Waals surface area contributed by atoms with Gasteiger partial charge in [0, 0.05) is 5.56 Å². The summed E-state index contributed by atoms with van der Waals surface area (Å²) in [5.74, 6) is -0.296. The lowest BCUT2D eigenvalue weighted by molar-refractivity contribution is 0.0946. The Balaban J connectivity index is 2.01. The third kappa shape index (κ3) is 2.62. The molecule has 0 aliphatic heterocycles. The summed E-state index contributed by atoms with van der Waals surface area (Å²) in [6.45, 7) is 1.76. The fourth-order valence-corrected chi connectivity index (χ4v) is 1.34. The number of aromatic nitrogens is 2. The van der Waals surface area contributed by atoms with Crippen LogP contribution in [0.25, 0.3) is 0 Å². The lowest BCUT2D eigenvalue weighted by atomic mass is 10.2. The van der Waals surface area contributed by atoms with Gasteiger partial charge in [-0.15, -0.1) is 0 Å². The number of nitrogens with zero attached hydrogens (tertiary/aromatic N) is 2. The van der Waals surface area contributed by atoms with Gasteiger partial charge in [0.05, 0.1) is 12.2 Å². The number of nitrogens with one attached hydrogen (secondary N) is 1. The van der Waals surface area contributed by atoms with Crippen LogP contribution in [0, 0.1) is 12.7 Å². The lowest BCUT2D eigenvalue weighted by Crippen LogP contribution is -2.23. The van der Waals surface area contributed by atoms with Crippen LogP contribution in [0.15, 0.2) is 22.7 Å². The maximum Gasteiger partial charge on any atom is 0.251 e. The van der Waals surface area contributed by atoms with Crippen molar-refractivity contribution >= 4 is 11.6 Å². The van der Waals surface area contributed by atoms with Crippen LogP contribution in [0.5, 0.6) is 0 Å². The van der Waals surface area contributed by atoms with Crippen molar-refractivity contribution in [2.75, 3.05) is 5.73 Å². The molecule has 94 valence electrons. The van der Waals surface area contributed by atoms with Crippen LogP contribution < -0.4 is 11.1 Å². The van der Waals surface area contributed by atoms with Crippen LogP contribution in [0.3, 0.4) is 0 Å². The first-order valence-corrected chi connectivity index (χ1v) is 5.18. The van der Waals surface area contributed by atoms with E-state index in [1.165, 1.54) is 12.1 Å². The summed E-state index contributed by atoms with van der Waals surface area (Å²) < 4.78 is 18.0. The molecule has 0 unspecified atom stereocenters. The SMILES string of the molecule is Cc1noc(CNC(=O)c2ccc(N)c(F)c2)n1. The number of aryl methyl sites for hydroxylation is 1.